The summed E-state index contributed by atoms with van der Waals surface area (Å²) in [4.78, 5) is 4.11. The van der Waals surface area contributed by atoms with Crippen molar-refractivity contribution in [1.82, 2.24) is 10.3 Å². The molecular weight excluding hydrogens is 292 g/mol. The fraction of sp³-hybridized carbons (Fsp3) is 0.722. The summed E-state index contributed by atoms with van der Waals surface area (Å²) in [6.45, 7) is 7.17. The van der Waals surface area contributed by atoms with Crippen molar-refractivity contribution in [2.24, 2.45) is 17.3 Å². The zero-order valence-corrected chi connectivity index (χ0v) is 15.0. The fourth-order valence-corrected chi connectivity index (χ4v) is 5.02. The number of nitrogens with one attached hydrogen (secondary N) is 1. The van der Waals surface area contributed by atoms with Crippen molar-refractivity contribution in [3.63, 3.8) is 0 Å². The highest BCUT2D eigenvalue weighted by Crippen LogP contribution is 2.50. The molecule has 0 amide bonds. The van der Waals surface area contributed by atoms with Gasteiger partial charge in [0.1, 0.15) is 6.10 Å². The lowest BCUT2D eigenvalue weighted by atomic mass is 9.58. The van der Waals surface area contributed by atoms with Crippen LogP contribution in [0.3, 0.4) is 0 Å². The first-order valence-electron chi connectivity index (χ1n) is 8.46. The van der Waals surface area contributed by atoms with Gasteiger partial charge in [-0.1, -0.05) is 43.8 Å². The molecule has 2 aliphatic rings. The molecule has 122 valence electrons. The van der Waals surface area contributed by atoms with Gasteiger partial charge in [0.05, 0.1) is 11.7 Å². The van der Waals surface area contributed by atoms with Crippen LogP contribution in [0.2, 0.25) is 0 Å². The Morgan fingerprint density at radius 2 is 2.27 bits per heavy atom. The van der Waals surface area contributed by atoms with Crippen molar-refractivity contribution >= 4 is 11.3 Å². The molecule has 0 saturated heterocycles. The second kappa shape index (κ2) is 6.32. The average molecular weight is 321 g/mol. The molecule has 2 aliphatic carbocycles. The molecule has 4 atom stereocenters. The maximum Gasteiger partial charge on any atom is 0.194 e. The molecule has 1 aromatic heterocycles. The van der Waals surface area contributed by atoms with Gasteiger partial charge in [-0.2, -0.15) is 0 Å². The van der Waals surface area contributed by atoms with Crippen molar-refractivity contribution in [2.45, 2.75) is 58.6 Å². The van der Waals surface area contributed by atoms with Crippen molar-refractivity contribution < 1.29 is 4.74 Å². The third kappa shape index (κ3) is 2.83. The van der Waals surface area contributed by atoms with Crippen LogP contribution in [-0.4, -0.2) is 24.2 Å². The molecule has 2 unspecified atom stereocenters. The summed E-state index contributed by atoms with van der Waals surface area (Å²) < 4.78 is 6.13. The number of nitrogens with zero attached hydrogens (tertiary/aromatic N) is 1. The predicted molar refractivity (Wildman–Crippen MR) is 92.4 cm³/mol. The van der Waals surface area contributed by atoms with E-state index in [-0.39, 0.29) is 5.41 Å². The van der Waals surface area contributed by atoms with E-state index in [1.165, 1.54) is 12.8 Å². The van der Waals surface area contributed by atoms with E-state index >= 15 is 0 Å². The highest BCUT2D eigenvalue weighted by Gasteiger charge is 2.47. The Morgan fingerprint density at radius 3 is 2.91 bits per heavy atom. The minimum atomic E-state index is 0.287. The zero-order chi connectivity index (χ0) is 15.7. The lowest BCUT2D eigenvalue weighted by Crippen LogP contribution is -2.53. The van der Waals surface area contributed by atoms with Crippen LogP contribution in [0.25, 0.3) is 0 Å². The van der Waals surface area contributed by atoms with E-state index in [2.05, 4.69) is 44.2 Å². The standard InChI is InChI=1S/C18H28N2OS/c1-12(2)15-6-5-13-9-14(21-16-10-20-11-22-16)7-8-18(13,3)17(15)19-4/h5,10-12,14-15,17,19H,6-9H2,1-4H3/t14-,15?,17?,18-/m0/s1. The number of rotatable bonds is 4. The summed E-state index contributed by atoms with van der Waals surface area (Å²) in [5.74, 6) is 1.45. The van der Waals surface area contributed by atoms with Gasteiger partial charge in [0.2, 0.25) is 0 Å². The van der Waals surface area contributed by atoms with Crippen LogP contribution < -0.4 is 10.1 Å². The summed E-state index contributed by atoms with van der Waals surface area (Å²) in [6.07, 6.45) is 9.26. The molecule has 3 rings (SSSR count). The highest BCUT2D eigenvalue weighted by atomic mass is 32.1. The molecule has 4 heteroatoms. The number of allylic oxidation sites excluding steroid dienone is 1. The summed E-state index contributed by atoms with van der Waals surface area (Å²) in [5.41, 5.74) is 3.73. The Hall–Kier alpha value is -0.870. The lowest BCUT2D eigenvalue weighted by Gasteiger charge is -2.51. The van der Waals surface area contributed by atoms with E-state index in [1.54, 1.807) is 16.9 Å². The second-order valence-electron chi connectivity index (χ2n) is 7.36. The molecule has 0 aliphatic heterocycles. The van der Waals surface area contributed by atoms with Crippen molar-refractivity contribution in [2.75, 3.05) is 7.05 Å². The van der Waals surface area contributed by atoms with Crippen LogP contribution in [0.1, 0.15) is 46.5 Å². The van der Waals surface area contributed by atoms with Gasteiger partial charge < -0.3 is 10.1 Å². The van der Waals surface area contributed by atoms with E-state index < -0.39 is 0 Å². The molecule has 1 saturated carbocycles. The molecule has 0 aromatic carbocycles. The SMILES string of the molecule is CNC1C(C(C)C)CC=C2C[C@@H](Oc3cncs3)CC[C@@]21C. The number of ether oxygens (including phenoxy) is 1. The number of thiazole rings is 1. The van der Waals surface area contributed by atoms with Crippen molar-refractivity contribution in [3.8, 4) is 5.06 Å². The molecule has 1 aromatic rings. The van der Waals surface area contributed by atoms with E-state index in [4.69, 9.17) is 4.74 Å². The predicted octanol–water partition coefficient (Wildman–Crippen LogP) is 4.27. The Labute approximate surface area is 138 Å². The molecule has 1 N–H and O–H groups in total. The second-order valence-corrected chi connectivity index (χ2v) is 8.21. The van der Waals surface area contributed by atoms with Crippen molar-refractivity contribution in [3.05, 3.63) is 23.4 Å². The first-order valence-corrected chi connectivity index (χ1v) is 9.34. The lowest BCUT2D eigenvalue weighted by molar-refractivity contribution is 0.0749. The van der Waals surface area contributed by atoms with Crippen LogP contribution >= 0.6 is 11.3 Å². The molecule has 0 spiro atoms. The monoisotopic (exact) mass is 320 g/mol. The van der Waals surface area contributed by atoms with E-state index in [9.17, 15) is 0 Å². The summed E-state index contributed by atoms with van der Waals surface area (Å²) in [5, 5.41) is 4.60. The number of hydrogen-bond donors (Lipinski definition) is 1. The third-order valence-corrected chi connectivity index (χ3v) is 6.44. The van der Waals surface area contributed by atoms with Crippen LogP contribution in [0.5, 0.6) is 5.06 Å². The number of fused-ring (bicyclic) bond motifs is 1. The van der Waals surface area contributed by atoms with Crippen molar-refractivity contribution in [1.29, 1.82) is 0 Å². The van der Waals surface area contributed by atoms with Gasteiger partial charge in [-0.3, -0.25) is 0 Å². The Morgan fingerprint density at radius 1 is 1.45 bits per heavy atom. The fourth-order valence-electron chi connectivity index (χ4n) is 4.48. The van der Waals surface area contributed by atoms with Gasteiger partial charge in [0.25, 0.3) is 0 Å². The molecular formula is C18H28N2OS. The third-order valence-electron chi connectivity index (χ3n) is 5.78. The van der Waals surface area contributed by atoms with Gasteiger partial charge in [-0.05, 0) is 38.1 Å². The Bertz CT molecular complexity index is 525. The quantitative estimate of drug-likeness (QED) is 0.841. The van der Waals surface area contributed by atoms with Crippen LogP contribution in [-0.2, 0) is 0 Å². The van der Waals surface area contributed by atoms with E-state index in [1.807, 2.05) is 11.7 Å². The normalized spacial score (nSPS) is 35.1. The summed E-state index contributed by atoms with van der Waals surface area (Å²) in [6, 6.07) is 0.580. The molecule has 3 nitrogen and oxygen atoms in total. The largest absolute Gasteiger partial charge is 0.479 e. The first kappa shape index (κ1) is 16.0. The first-order chi connectivity index (χ1) is 10.5. The topological polar surface area (TPSA) is 34.1 Å². The smallest absolute Gasteiger partial charge is 0.194 e. The molecule has 1 fully saturated rings. The summed E-state index contributed by atoms with van der Waals surface area (Å²) >= 11 is 1.59. The van der Waals surface area contributed by atoms with Crippen LogP contribution in [0, 0.1) is 17.3 Å². The molecule has 1 heterocycles. The minimum absolute atomic E-state index is 0.287. The zero-order valence-electron chi connectivity index (χ0n) is 14.1. The maximum atomic E-state index is 6.13. The molecule has 0 radical (unpaired) electrons. The number of hydrogen-bond acceptors (Lipinski definition) is 4. The van der Waals surface area contributed by atoms with E-state index in [0.717, 1.165) is 29.7 Å². The maximum absolute atomic E-state index is 6.13. The van der Waals surface area contributed by atoms with Gasteiger partial charge in [0, 0.05) is 17.9 Å². The summed E-state index contributed by atoms with van der Waals surface area (Å²) in [7, 11) is 2.13. The van der Waals surface area contributed by atoms with Gasteiger partial charge in [-0.15, -0.1) is 0 Å². The average Bonchev–Trinajstić information content (AvgIpc) is 2.99. The highest BCUT2D eigenvalue weighted by molar-refractivity contribution is 7.11. The van der Waals surface area contributed by atoms with Gasteiger partial charge in [0.15, 0.2) is 5.06 Å². The van der Waals surface area contributed by atoms with Crippen LogP contribution in [0.4, 0.5) is 0 Å². The minimum Gasteiger partial charge on any atom is -0.479 e. The van der Waals surface area contributed by atoms with Crippen LogP contribution in [0.15, 0.2) is 23.4 Å². The van der Waals surface area contributed by atoms with Gasteiger partial charge in [-0.25, -0.2) is 4.98 Å². The Balaban J connectivity index is 1.76. The van der Waals surface area contributed by atoms with Gasteiger partial charge >= 0.3 is 0 Å². The molecule has 22 heavy (non-hydrogen) atoms. The Kier molecular flexibility index (Phi) is 4.60. The van der Waals surface area contributed by atoms with E-state index in [0.29, 0.717) is 12.1 Å². The molecule has 0 bridgehead atoms. The number of aromatic nitrogens is 1.